The summed E-state index contributed by atoms with van der Waals surface area (Å²) >= 11 is 0. The van der Waals surface area contributed by atoms with E-state index >= 15 is 0 Å². The highest BCUT2D eigenvalue weighted by Gasteiger charge is 2.21. The maximum absolute atomic E-state index is 4.09. The Morgan fingerprint density at radius 2 is 1.32 bits per heavy atom. The Kier molecular flexibility index (Phi) is 6.36. The van der Waals surface area contributed by atoms with Gasteiger partial charge >= 0.3 is 0 Å². The number of hydrogen-bond acceptors (Lipinski definition) is 0. The third-order valence-electron chi connectivity index (χ3n) is 4.60. The highest BCUT2D eigenvalue weighted by molar-refractivity contribution is 5.52. The Labute approximate surface area is 152 Å². The molecule has 0 bridgehead atoms. The summed E-state index contributed by atoms with van der Waals surface area (Å²) in [7, 11) is 0. The molecule has 0 aliphatic rings. The van der Waals surface area contributed by atoms with Crippen LogP contribution in [0.15, 0.2) is 85.5 Å². The van der Waals surface area contributed by atoms with E-state index in [1.165, 1.54) is 39.0 Å². The molecule has 0 unspecified atom stereocenters. The molecule has 0 aliphatic heterocycles. The van der Waals surface area contributed by atoms with Gasteiger partial charge < -0.3 is 0 Å². The smallest absolute Gasteiger partial charge is 0.0345 e. The molecule has 0 atom stereocenters. The average Bonchev–Trinajstić information content (AvgIpc) is 2.59. The quantitative estimate of drug-likeness (QED) is 0.505. The number of benzene rings is 2. The molecule has 2 aromatic rings. The lowest BCUT2D eigenvalue weighted by Crippen LogP contribution is -2.08. The third kappa shape index (κ3) is 4.48. The SMILES string of the molecule is C=C/C=C\C=C(/C=C)C(c1cc(C)ccc1C)c1cc(C)ccc1C. The summed E-state index contributed by atoms with van der Waals surface area (Å²) < 4.78 is 0. The molecule has 0 nitrogen and oxygen atoms in total. The second-order valence-electron chi connectivity index (χ2n) is 6.64. The van der Waals surface area contributed by atoms with Crippen LogP contribution in [0.4, 0.5) is 0 Å². The molecular weight excluding hydrogens is 300 g/mol. The van der Waals surface area contributed by atoms with Gasteiger partial charge in [0.2, 0.25) is 0 Å². The molecule has 128 valence electrons. The van der Waals surface area contributed by atoms with E-state index in [1.807, 2.05) is 18.2 Å². The number of hydrogen-bond donors (Lipinski definition) is 0. The Morgan fingerprint density at radius 3 is 1.76 bits per heavy atom. The lowest BCUT2D eigenvalue weighted by molar-refractivity contribution is 0.944. The Morgan fingerprint density at radius 1 is 0.800 bits per heavy atom. The van der Waals surface area contributed by atoms with Crippen molar-refractivity contribution in [1.29, 1.82) is 0 Å². The highest BCUT2D eigenvalue weighted by atomic mass is 14.2. The molecule has 0 radical (unpaired) electrons. The van der Waals surface area contributed by atoms with E-state index in [4.69, 9.17) is 0 Å². The first-order valence-corrected chi connectivity index (χ1v) is 8.74. The van der Waals surface area contributed by atoms with Gasteiger partial charge in [-0.2, -0.15) is 0 Å². The van der Waals surface area contributed by atoms with Crippen molar-refractivity contribution in [3.05, 3.63) is 119 Å². The molecule has 0 saturated carbocycles. The van der Waals surface area contributed by atoms with Gasteiger partial charge in [0.05, 0.1) is 0 Å². The van der Waals surface area contributed by atoms with E-state index in [1.54, 1.807) is 6.08 Å². The fraction of sp³-hybridized carbons (Fsp3) is 0.200. The van der Waals surface area contributed by atoms with Crippen molar-refractivity contribution in [3.63, 3.8) is 0 Å². The molecule has 2 aromatic carbocycles. The van der Waals surface area contributed by atoms with Crippen LogP contribution in [-0.2, 0) is 0 Å². The molecule has 0 spiro atoms. The standard InChI is InChI=1S/C25H28/c1-7-9-10-11-22(8-2)25(23-16-18(3)12-14-20(23)5)24-17-19(4)13-15-21(24)6/h7-17,25H,1-2H2,3-6H3/b10-9-,22-11+. The summed E-state index contributed by atoms with van der Waals surface area (Å²) in [6, 6.07) is 13.4. The van der Waals surface area contributed by atoms with E-state index in [-0.39, 0.29) is 5.92 Å². The second-order valence-corrected chi connectivity index (χ2v) is 6.64. The Hall–Kier alpha value is -2.60. The van der Waals surface area contributed by atoms with Crippen molar-refractivity contribution < 1.29 is 0 Å². The van der Waals surface area contributed by atoms with E-state index in [9.17, 15) is 0 Å². The topological polar surface area (TPSA) is 0 Å². The van der Waals surface area contributed by atoms with E-state index in [0.29, 0.717) is 0 Å². The highest BCUT2D eigenvalue weighted by Crippen LogP contribution is 2.37. The lowest BCUT2D eigenvalue weighted by atomic mass is 9.79. The molecule has 0 amide bonds. The van der Waals surface area contributed by atoms with Crippen LogP contribution in [0.1, 0.15) is 39.3 Å². The largest absolute Gasteiger partial charge is 0.0991 e. The van der Waals surface area contributed by atoms with Crippen molar-refractivity contribution in [1.82, 2.24) is 0 Å². The Balaban J connectivity index is 2.74. The summed E-state index contributed by atoms with van der Waals surface area (Å²) in [6.07, 6.45) is 9.90. The van der Waals surface area contributed by atoms with Crippen LogP contribution in [0.25, 0.3) is 0 Å². The maximum atomic E-state index is 4.09. The average molecular weight is 328 g/mol. The lowest BCUT2D eigenvalue weighted by Gasteiger charge is -2.24. The van der Waals surface area contributed by atoms with Crippen LogP contribution < -0.4 is 0 Å². The van der Waals surface area contributed by atoms with Crippen molar-refractivity contribution in [2.24, 2.45) is 0 Å². The Bertz CT molecular complexity index is 780. The predicted molar refractivity (Wildman–Crippen MR) is 111 cm³/mol. The van der Waals surface area contributed by atoms with Crippen LogP contribution in [0, 0.1) is 27.7 Å². The molecule has 0 heteroatoms. The van der Waals surface area contributed by atoms with Crippen LogP contribution >= 0.6 is 0 Å². The molecule has 0 fully saturated rings. The minimum atomic E-state index is 0.173. The summed E-state index contributed by atoms with van der Waals surface area (Å²) in [5, 5.41) is 0. The van der Waals surface area contributed by atoms with Crippen molar-refractivity contribution in [2.45, 2.75) is 33.6 Å². The summed E-state index contributed by atoms with van der Waals surface area (Å²) in [6.45, 7) is 16.5. The van der Waals surface area contributed by atoms with Gasteiger partial charge in [-0.1, -0.05) is 91.1 Å². The van der Waals surface area contributed by atoms with Crippen LogP contribution in [-0.4, -0.2) is 0 Å². The zero-order chi connectivity index (χ0) is 18.4. The first-order chi connectivity index (χ1) is 12.0. The molecule has 0 aliphatic carbocycles. The molecule has 25 heavy (non-hydrogen) atoms. The summed E-state index contributed by atoms with van der Waals surface area (Å²) in [5.74, 6) is 0.173. The van der Waals surface area contributed by atoms with Gasteiger partial charge in [-0.3, -0.25) is 0 Å². The van der Waals surface area contributed by atoms with E-state index < -0.39 is 0 Å². The van der Waals surface area contributed by atoms with Gasteiger partial charge in [0.1, 0.15) is 0 Å². The predicted octanol–water partition coefficient (Wildman–Crippen LogP) is 6.91. The molecule has 2 rings (SSSR count). The fourth-order valence-corrected chi connectivity index (χ4v) is 3.20. The molecular formula is C25H28. The van der Waals surface area contributed by atoms with E-state index in [0.717, 1.165) is 0 Å². The third-order valence-corrected chi connectivity index (χ3v) is 4.60. The van der Waals surface area contributed by atoms with Crippen molar-refractivity contribution >= 4 is 0 Å². The number of aryl methyl sites for hydroxylation is 4. The van der Waals surface area contributed by atoms with Crippen LogP contribution in [0.2, 0.25) is 0 Å². The van der Waals surface area contributed by atoms with Crippen molar-refractivity contribution in [2.75, 3.05) is 0 Å². The van der Waals surface area contributed by atoms with Gasteiger partial charge in [-0.15, -0.1) is 0 Å². The molecule has 0 aromatic heterocycles. The minimum absolute atomic E-state index is 0.173. The maximum Gasteiger partial charge on any atom is 0.0345 e. The van der Waals surface area contributed by atoms with Gasteiger partial charge in [0, 0.05) is 5.92 Å². The first-order valence-electron chi connectivity index (χ1n) is 8.74. The van der Waals surface area contributed by atoms with Gasteiger partial charge in [0.25, 0.3) is 0 Å². The van der Waals surface area contributed by atoms with Crippen LogP contribution in [0.5, 0.6) is 0 Å². The van der Waals surface area contributed by atoms with Gasteiger partial charge in [-0.05, 0) is 55.5 Å². The summed E-state index contributed by atoms with van der Waals surface area (Å²) in [4.78, 5) is 0. The molecule has 0 N–H and O–H groups in total. The second kappa shape index (κ2) is 8.48. The first kappa shape index (κ1) is 18.7. The monoisotopic (exact) mass is 328 g/mol. The van der Waals surface area contributed by atoms with Gasteiger partial charge in [-0.25, -0.2) is 0 Å². The zero-order valence-corrected chi connectivity index (χ0v) is 15.8. The van der Waals surface area contributed by atoms with Crippen LogP contribution in [0.3, 0.4) is 0 Å². The van der Waals surface area contributed by atoms with E-state index in [2.05, 4.69) is 83.3 Å². The normalized spacial score (nSPS) is 12.0. The molecule has 0 saturated heterocycles. The zero-order valence-electron chi connectivity index (χ0n) is 15.8. The molecule has 0 heterocycles. The summed E-state index contributed by atoms with van der Waals surface area (Å²) in [5.41, 5.74) is 9.04. The van der Waals surface area contributed by atoms with Gasteiger partial charge in [0.15, 0.2) is 0 Å². The number of allylic oxidation sites excluding steroid dienone is 6. The van der Waals surface area contributed by atoms with Crippen molar-refractivity contribution in [3.8, 4) is 0 Å². The number of rotatable bonds is 6. The fourth-order valence-electron chi connectivity index (χ4n) is 3.20. The minimum Gasteiger partial charge on any atom is -0.0991 e.